The molecule has 8 heteroatoms. The molecule has 26 heavy (non-hydrogen) atoms. The van der Waals surface area contributed by atoms with E-state index in [4.69, 9.17) is 10.8 Å². The van der Waals surface area contributed by atoms with Crippen LogP contribution < -0.4 is 16.4 Å². The zero-order valence-corrected chi connectivity index (χ0v) is 14.2. The second-order valence-corrected chi connectivity index (χ2v) is 5.87. The molecule has 0 saturated carbocycles. The molecule has 2 heterocycles. The SMILES string of the molecule is CC(=C1C=Nc2ccc(NC(N)=O)cc21)c1cc(CNC(=O)CO)c[nH]1. The van der Waals surface area contributed by atoms with Gasteiger partial charge in [0.25, 0.3) is 0 Å². The summed E-state index contributed by atoms with van der Waals surface area (Å²) in [6, 6.07) is 6.71. The summed E-state index contributed by atoms with van der Waals surface area (Å²) in [6.07, 6.45) is 3.58. The van der Waals surface area contributed by atoms with Crippen LogP contribution in [-0.2, 0) is 11.3 Å². The molecule has 1 aromatic heterocycles. The van der Waals surface area contributed by atoms with Gasteiger partial charge < -0.3 is 26.5 Å². The van der Waals surface area contributed by atoms with Crippen molar-refractivity contribution in [3.05, 3.63) is 47.3 Å². The van der Waals surface area contributed by atoms with Gasteiger partial charge >= 0.3 is 6.03 Å². The molecule has 0 spiro atoms. The number of carbonyl (C=O) groups excluding carboxylic acids is 2. The van der Waals surface area contributed by atoms with E-state index in [1.807, 2.05) is 25.1 Å². The average molecular weight is 353 g/mol. The number of allylic oxidation sites excluding steroid dienone is 2. The number of benzene rings is 1. The van der Waals surface area contributed by atoms with Crippen molar-refractivity contribution < 1.29 is 14.7 Å². The van der Waals surface area contributed by atoms with Crippen molar-refractivity contribution in [3.63, 3.8) is 0 Å². The van der Waals surface area contributed by atoms with Crippen molar-refractivity contribution in [2.45, 2.75) is 13.5 Å². The van der Waals surface area contributed by atoms with Crippen molar-refractivity contribution in [3.8, 4) is 0 Å². The van der Waals surface area contributed by atoms with Gasteiger partial charge in [0.1, 0.15) is 6.61 Å². The van der Waals surface area contributed by atoms with Crippen LogP contribution >= 0.6 is 0 Å². The summed E-state index contributed by atoms with van der Waals surface area (Å²) < 4.78 is 0. The summed E-state index contributed by atoms with van der Waals surface area (Å²) >= 11 is 0. The molecule has 0 fully saturated rings. The molecule has 3 rings (SSSR count). The normalized spacial score (nSPS) is 14.1. The van der Waals surface area contributed by atoms with E-state index in [1.54, 1.807) is 18.5 Å². The van der Waals surface area contributed by atoms with Crippen LogP contribution in [0.1, 0.15) is 23.7 Å². The maximum absolute atomic E-state index is 11.1. The lowest BCUT2D eigenvalue weighted by Crippen LogP contribution is -2.25. The van der Waals surface area contributed by atoms with E-state index in [0.717, 1.165) is 33.7 Å². The predicted octanol–water partition coefficient (Wildman–Crippen LogP) is 1.76. The van der Waals surface area contributed by atoms with Gasteiger partial charge in [0, 0.05) is 41.5 Å². The molecule has 8 nitrogen and oxygen atoms in total. The van der Waals surface area contributed by atoms with Crippen molar-refractivity contribution in [2.75, 3.05) is 11.9 Å². The highest BCUT2D eigenvalue weighted by Crippen LogP contribution is 2.37. The number of fused-ring (bicyclic) bond motifs is 1. The summed E-state index contributed by atoms with van der Waals surface area (Å²) in [4.78, 5) is 29.8. The number of nitrogens with one attached hydrogen (secondary N) is 3. The molecule has 0 unspecified atom stereocenters. The Morgan fingerprint density at radius 2 is 2.12 bits per heavy atom. The third kappa shape index (κ3) is 3.65. The average Bonchev–Trinajstić information content (AvgIpc) is 3.25. The number of aromatic nitrogens is 1. The number of primary amides is 1. The third-order valence-electron chi connectivity index (χ3n) is 4.07. The van der Waals surface area contributed by atoms with E-state index in [-0.39, 0.29) is 0 Å². The molecule has 0 atom stereocenters. The number of aliphatic hydroxyl groups is 1. The first-order valence-electron chi connectivity index (χ1n) is 7.99. The topological polar surface area (TPSA) is 133 Å². The summed E-state index contributed by atoms with van der Waals surface area (Å²) in [5.41, 5.74) is 11.2. The largest absolute Gasteiger partial charge is 0.387 e. The lowest BCUT2D eigenvalue weighted by Gasteiger charge is -2.08. The lowest BCUT2D eigenvalue weighted by molar-refractivity contribution is -0.123. The maximum atomic E-state index is 11.1. The van der Waals surface area contributed by atoms with E-state index in [1.165, 1.54) is 0 Å². The number of nitrogens with zero attached hydrogens (tertiary/aromatic N) is 1. The number of nitrogens with two attached hydrogens (primary N) is 1. The highest BCUT2D eigenvalue weighted by atomic mass is 16.3. The summed E-state index contributed by atoms with van der Waals surface area (Å²) in [5.74, 6) is -0.422. The van der Waals surface area contributed by atoms with Crippen LogP contribution in [0, 0.1) is 0 Å². The van der Waals surface area contributed by atoms with Crippen LogP contribution in [0.2, 0.25) is 0 Å². The zero-order chi connectivity index (χ0) is 18.7. The lowest BCUT2D eigenvalue weighted by atomic mass is 9.99. The van der Waals surface area contributed by atoms with Gasteiger partial charge in [-0.2, -0.15) is 0 Å². The molecule has 2 aromatic rings. The van der Waals surface area contributed by atoms with Crippen LogP contribution in [-0.4, -0.2) is 34.9 Å². The fraction of sp³-hybridized carbons (Fsp3) is 0.167. The molecule has 1 aliphatic heterocycles. The Hall–Kier alpha value is -3.39. The first-order valence-corrected chi connectivity index (χ1v) is 7.99. The summed E-state index contributed by atoms with van der Waals surface area (Å²) in [7, 11) is 0. The van der Waals surface area contributed by atoms with Crippen molar-refractivity contribution in [1.29, 1.82) is 0 Å². The Kier molecular flexibility index (Phi) is 4.85. The van der Waals surface area contributed by atoms with Gasteiger partial charge in [0.2, 0.25) is 5.91 Å². The molecular formula is C18H19N5O3. The number of carbonyl (C=O) groups is 2. The molecular weight excluding hydrogens is 334 g/mol. The molecule has 1 aliphatic rings. The highest BCUT2D eigenvalue weighted by molar-refractivity contribution is 6.24. The van der Waals surface area contributed by atoms with Gasteiger partial charge in [0.05, 0.1) is 5.69 Å². The zero-order valence-electron chi connectivity index (χ0n) is 14.2. The van der Waals surface area contributed by atoms with Crippen LogP contribution in [0.3, 0.4) is 0 Å². The highest BCUT2D eigenvalue weighted by Gasteiger charge is 2.17. The number of rotatable bonds is 5. The fourth-order valence-electron chi connectivity index (χ4n) is 2.75. The molecule has 134 valence electrons. The molecule has 0 bridgehead atoms. The maximum Gasteiger partial charge on any atom is 0.316 e. The van der Waals surface area contributed by atoms with Gasteiger partial charge in [-0.15, -0.1) is 0 Å². The number of anilines is 1. The van der Waals surface area contributed by atoms with E-state index in [2.05, 4.69) is 20.6 Å². The number of hydrogen-bond acceptors (Lipinski definition) is 4. The summed E-state index contributed by atoms with van der Waals surface area (Å²) in [5, 5.41) is 13.9. The summed E-state index contributed by atoms with van der Waals surface area (Å²) in [6.45, 7) is 1.76. The van der Waals surface area contributed by atoms with Gasteiger partial charge in [0.15, 0.2) is 0 Å². The van der Waals surface area contributed by atoms with Crippen molar-refractivity contribution >= 4 is 40.7 Å². The van der Waals surface area contributed by atoms with Crippen molar-refractivity contribution in [1.82, 2.24) is 10.3 Å². The van der Waals surface area contributed by atoms with Crippen LogP contribution in [0.4, 0.5) is 16.2 Å². The molecule has 6 N–H and O–H groups in total. The monoisotopic (exact) mass is 353 g/mol. The van der Waals surface area contributed by atoms with Gasteiger partial charge in [-0.3, -0.25) is 9.79 Å². The molecule has 0 aliphatic carbocycles. The minimum Gasteiger partial charge on any atom is -0.387 e. The minimum atomic E-state index is -0.620. The fourth-order valence-corrected chi connectivity index (χ4v) is 2.75. The number of urea groups is 1. The Morgan fingerprint density at radius 3 is 2.85 bits per heavy atom. The van der Waals surface area contributed by atoms with E-state index in [9.17, 15) is 9.59 Å². The van der Waals surface area contributed by atoms with Crippen LogP contribution in [0.15, 0.2) is 35.5 Å². The molecule has 0 radical (unpaired) electrons. The number of aromatic amines is 1. The Bertz CT molecular complexity index is 927. The molecule has 1 aromatic carbocycles. The van der Waals surface area contributed by atoms with Gasteiger partial charge in [-0.1, -0.05) is 0 Å². The van der Waals surface area contributed by atoms with E-state index < -0.39 is 18.5 Å². The number of aliphatic hydroxyl groups excluding tert-OH is 1. The molecule has 0 saturated heterocycles. The number of aliphatic imine (C=N–C) groups is 1. The van der Waals surface area contributed by atoms with Gasteiger partial charge in [-0.05, 0) is 42.3 Å². The van der Waals surface area contributed by atoms with E-state index >= 15 is 0 Å². The first kappa shape index (κ1) is 17.4. The second-order valence-electron chi connectivity index (χ2n) is 5.87. The first-order chi connectivity index (χ1) is 12.5. The Morgan fingerprint density at radius 1 is 1.31 bits per heavy atom. The van der Waals surface area contributed by atoms with Crippen LogP contribution in [0.25, 0.3) is 11.1 Å². The van der Waals surface area contributed by atoms with Gasteiger partial charge in [-0.25, -0.2) is 4.79 Å². The number of amides is 3. The Balaban J connectivity index is 1.86. The standard InChI is InChI=1S/C18H19N5O3/c1-10(16-4-11(6-20-16)7-22-17(25)9-24)14-8-21-15-3-2-12(5-13(14)15)23-18(19)26/h2-6,8,20,24H,7,9H2,1H3,(H,22,25)(H3,19,23,26). The quantitative estimate of drug-likeness (QED) is 0.561. The van der Waals surface area contributed by atoms with Crippen LogP contribution in [0.5, 0.6) is 0 Å². The van der Waals surface area contributed by atoms with E-state index in [0.29, 0.717) is 12.2 Å². The van der Waals surface area contributed by atoms with Crippen molar-refractivity contribution in [2.24, 2.45) is 10.7 Å². The minimum absolute atomic E-state index is 0.329. The second kappa shape index (κ2) is 7.24. The number of hydrogen-bond donors (Lipinski definition) is 5. The Labute approximate surface area is 149 Å². The third-order valence-corrected chi connectivity index (χ3v) is 4.07. The number of H-pyrrole nitrogens is 1. The molecule has 3 amide bonds. The smallest absolute Gasteiger partial charge is 0.316 e. The predicted molar refractivity (Wildman–Crippen MR) is 100 cm³/mol.